The summed E-state index contributed by atoms with van der Waals surface area (Å²) in [4.78, 5) is 15.0. The molecule has 1 amide bonds. The highest BCUT2D eigenvalue weighted by Gasteiger charge is 2.35. The number of hydrogen-bond acceptors (Lipinski definition) is 4. The van der Waals surface area contributed by atoms with E-state index in [-0.39, 0.29) is 0 Å². The first-order chi connectivity index (χ1) is 9.66. The normalized spacial score (nSPS) is 21.2. The average molecular weight is 310 g/mol. The maximum atomic E-state index is 12.3. The largest absolute Gasteiger partial charge is 0.401 e. The van der Waals surface area contributed by atoms with Crippen molar-refractivity contribution in [2.24, 2.45) is 5.73 Å². The Hall–Kier alpha value is -0.860. The molecule has 1 heterocycles. The zero-order valence-corrected chi connectivity index (χ0v) is 12.7. The Bertz CT molecular complexity index is 343. The number of rotatable bonds is 7. The third-order valence-electron chi connectivity index (χ3n) is 3.72. The molecule has 21 heavy (non-hydrogen) atoms. The lowest BCUT2D eigenvalue weighted by molar-refractivity contribution is -0.149. The van der Waals surface area contributed by atoms with Crippen LogP contribution in [0.15, 0.2) is 0 Å². The predicted octanol–water partition coefficient (Wildman–Crippen LogP) is 0.410. The molecule has 0 aromatic heterocycles. The number of nitrogens with one attached hydrogen (secondary N) is 1. The van der Waals surface area contributed by atoms with Gasteiger partial charge in [-0.1, -0.05) is 6.92 Å². The SMILES string of the molecule is CCCNC(C)(CN1CCN(CC(F)(F)F)CC1)C(N)=O. The van der Waals surface area contributed by atoms with Crippen LogP contribution in [0, 0.1) is 0 Å². The minimum absolute atomic E-state index is 0.349. The fourth-order valence-electron chi connectivity index (χ4n) is 2.43. The summed E-state index contributed by atoms with van der Waals surface area (Å²) in [6.45, 7) is 5.67. The van der Waals surface area contributed by atoms with Crippen molar-refractivity contribution < 1.29 is 18.0 Å². The fraction of sp³-hybridized carbons (Fsp3) is 0.923. The number of halogens is 3. The number of nitrogens with two attached hydrogens (primary N) is 1. The third kappa shape index (κ3) is 6.19. The zero-order valence-electron chi connectivity index (χ0n) is 12.7. The molecule has 1 rings (SSSR count). The van der Waals surface area contributed by atoms with Crippen LogP contribution in [0.5, 0.6) is 0 Å². The van der Waals surface area contributed by atoms with Crippen molar-refractivity contribution in [1.29, 1.82) is 0 Å². The standard InChI is InChI=1S/C13H25F3N4O/c1-3-4-18-12(2,11(17)21)9-19-5-7-20(8-6-19)10-13(14,15)16/h18H,3-10H2,1-2H3,(H2,17,21). The quantitative estimate of drug-likeness (QED) is 0.715. The Kier molecular flexibility index (Phi) is 6.42. The second-order valence-corrected chi connectivity index (χ2v) is 5.79. The van der Waals surface area contributed by atoms with Crippen molar-refractivity contribution in [2.45, 2.75) is 32.0 Å². The van der Waals surface area contributed by atoms with Gasteiger partial charge in [0.25, 0.3) is 0 Å². The molecule has 5 nitrogen and oxygen atoms in total. The lowest BCUT2D eigenvalue weighted by Gasteiger charge is -2.39. The van der Waals surface area contributed by atoms with E-state index in [1.165, 1.54) is 4.90 Å². The summed E-state index contributed by atoms with van der Waals surface area (Å²) >= 11 is 0. The number of alkyl halides is 3. The average Bonchev–Trinajstić information content (AvgIpc) is 2.37. The van der Waals surface area contributed by atoms with Crippen LogP contribution in [-0.4, -0.2) is 73.2 Å². The van der Waals surface area contributed by atoms with Crippen LogP contribution in [-0.2, 0) is 4.79 Å². The van der Waals surface area contributed by atoms with Gasteiger partial charge in [0.1, 0.15) is 5.54 Å². The fourth-order valence-corrected chi connectivity index (χ4v) is 2.43. The number of primary amides is 1. The summed E-state index contributed by atoms with van der Waals surface area (Å²) in [5, 5.41) is 3.13. The van der Waals surface area contributed by atoms with Gasteiger partial charge in [0.05, 0.1) is 6.54 Å². The Labute approximate surface area is 123 Å². The van der Waals surface area contributed by atoms with E-state index in [2.05, 4.69) is 5.32 Å². The van der Waals surface area contributed by atoms with Gasteiger partial charge in [0.2, 0.25) is 5.91 Å². The van der Waals surface area contributed by atoms with Crippen LogP contribution in [0.25, 0.3) is 0 Å². The maximum Gasteiger partial charge on any atom is 0.401 e. The van der Waals surface area contributed by atoms with E-state index in [1.807, 2.05) is 11.8 Å². The number of nitrogens with zero attached hydrogens (tertiary/aromatic N) is 2. The van der Waals surface area contributed by atoms with Crippen molar-refractivity contribution >= 4 is 5.91 Å². The summed E-state index contributed by atoms with van der Waals surface area (Å²) in [5.41, 5.74) is 4.61. The molecule has 0 radical (unpaired) electrons. The zero-order chi connectivity index (χ0) is 16.1. The molecule has 1 fully saturated rings. The number of amides is 1. The molecular weight excluding hydrogens is 285 g/mol. The van der Waals surface area contributed by atoms with Crippen LogP contribution in [0.4, 0.5) is 13.2 Å². The second-order valence-electron chi connectivity index (χ2n) is 5.79. The molecule has 0 aromatic rings. The highest BCUT2D eigenvalue weighted by molar-refractivity contribution is 5.84. The molecule has 0 spiro atoms. The molecule has 1 atom stereocenters. The van der Waals surface area contributed by atoms with E-state index in [0.29, 0.717) is 39.3 Å². The predicted molar refractivity (Wildman–Crippen MR) is 74.8 cm³/mol. The summed E-state index contributed by atoms with van der Waals surface area (Å²) in [6.07, 6.45) is -3.28. The van der Waals surface area contributed by atoms with Crippen LogP contribution >= 0.6 is 0 Å². The van der Waals surface area contributed by atoms with Gasteiger partial charge in [-0.3, -0.25) is 14.6 Å². The number of piperazine rings is 1. The van der Waals surface area contributed by atoms with Crippen molar-refractivity contribution in [3.05, 3.63) is 0 Å². The first kappa shape index (κ1) is 18.2. The van der Waals surface area contributed by atoms with Gasteiger partial charge in [0, 0.05) is 32.7 Å². The monoisotopic (exact) mass is 310 g/mol. The first-order valence-electron chi connectivity index (χ1n) is 7.22. The topological polar surface area (TPSA) is 61.6 Å². The van der Waals surface area contributed by atoms with Crippen LogP contribution < -0.4 is 11.1 Å². The van der Waals surface area contributed by atoms with Crippen molar-refractivity contribution in [3.63, 3.8) is 0 Å². The molecule has 0 bridgehead atoms. The van der Waals surface area contributed by atoms with Crippen LogP contribution in [0.1, 0.15) is 20.3 Å². The van der Waals surface area contributed by atoms with Gasteiger partial charge >= 0.3 is 6.18 Å². The molecule has 3 N–H and O–H groups in total. The number of carbonyl (C=O) groups excluding carboxylic acids is 1. The summed E-state index contributed by atoms with van der Waals surface area (Å²) in [7, 11) is 0. The number of hydrogen-bond donors (Lipinski definition) is 2. The van der Waals surface area contributed by atoms with Crippen molar-refractivity contribution in [1.82, 2.24) is 15.1 Å². The molecule has 0 aromatic carbocycles. The third-order valence-corrected chi connectivity index (χ3v) is 3.72. The highest BCUT2D eigenvalue weighted by Crippen LogP contribution is 2.18. The summed E-state index contributed by atoms with van der Waals surface area (Å²) in [6, 6.07) is 0. The smallest absolute Gasteiger partial charge is 0.368 e. The second kappa shape index (κ2) is 7.42. The Balaban J connectivity index is 2.48. The van der Waals surface area contributed by atoms with Crippen LogP contribution in [0.2, 0.25) is 0 Å². The van der Waals surface area contributed by atoms with E-state index in [0.717, 1.165) is 6.42 Å². The Morgan fingerprint density at radius 2 is 1.62 bits per heavy atom. The van der Waals surface area contributed by atoms with E-state index >= 15 is 0 Å². The van der Waals surface area contributed by atoms with Gasteiger partial charge in [-0.2, -0.15) is 13.2 Å². The van der Waals surface area contributed by atoms with Crippen molar-refractivity contribution in [3.8, 4) is 0 Å². The van der Waals surface area contributed by atoms with Gasteiger partial charge < -0.3 is 11.1 Å². The number of carbonyl (C=O) groups is 1. The molecular formula is C13H25F3N4O. The minimum Gasteiger partial charge on any atom is -0.368 e. The maximum absolute atomic E-state index is 12.3. The first-order valence-corrected chi connectivity index (χ1v) is 7.22. The van der Waals surface area contributed by atoms with Gasteiger partial charge in [0.15, 0.2) is 0 Å². The molecule has 1 aliphatic rings. The van der Waals surface area contributed by atoms with Gasteiger partial charge in [-0.05, 0) is 19.9 Å². The van der Waals surface area contributed by atoms with E-state index in [9.17, 15) is 18.0 Å². The highest BCUT2D eigenvalue weighted by atomic mass is 19.4. The Morgan fingerprint density at radius 3 is 2.00 bits per heavy atom. The minimum atomic E-state index is -4.16. The molecule has 124 valence electrons. The lowest BCUT2D eigenvalue weighted by Crippen LogP contribution is -2.62. The molecule has 8 heteroatoms. The summed E-state index contributed by atoms with van der Waals surface area (Å²) in [5.74, 6) is -0.436. The van der Waals surface area contributed by atoms with E-state index < -0.39 is 24.2 Å². The summed E-state index contributed by atoms with van der Waals surface area (Å²) < 4.78 is 37.0. The van der Waals surface area contributed by atoms with Crippen LogP contribution in [0.3, 0.4) is 0 Å². The Morgan fingerprint density at radius 1 is 1.14 bits per heavy atom. The molecule has 1 saturated heterocycles. The van der Waals surface area contributed by atoms with Gasteiger partial charge in [-0.25, -0.2) is 0 Å². The molecule has 0 saturated carbocycles. The molecule has 1 unspecified atom stereocenters. The lowest BCUT2D eigenvalue weighted by atomic mass is 10.00. The molecule has 1 aliphatic heterocycles. The van der Waals surface area contributed by atoms with Crippen molar-refractivity contribution in [2.75, 3.05) is 45.8 Å². The molecule has 0 aliphatic carbocycles. The van der Waals surface area contributed by atoms with E-state index in [4.69, 9.17) is 5.73 Å². The van der Waals surface area contributed by atoms with Gasteiger partial charge in [-0.15, -0.1) is 0 Å². The van der Waals surface area contributed by atoms with E-state index in [1.54, 1.807) is 6.92 Å².